The fraction of sp³-hybridized carbons (Fsp3) is 0.241. The Hall–Kier alpha value is -4.06. The van der Waals surface area contributed by atoms with E-state index >= 15 is 0 Å². The minimum Gasteiger partial charge on any atom is -0.493 e. The van der Waals surface area contributed by atoms with Crippen molar-refractivity contribution < 1.29 is 18.7 Å². The Morgan fingerprint density at radius 3 is 2.43 bits per heavy atom. The quantitative estimate of drug-likeness (QED) is 0.365. The average Bonchev–Trinajstić information content (AvgIpc) is 3.13. The van der Waals surface area contributed by atoms with Gasteiger partial charge in [-0.25, -0.2) is 0 Å². The van der Waals surface area contributed by atoms with Gasteiger partial charge >= 0.3 is 0 Å². The van der Waals surface area contributed by atoms with Crippen LogP contribution in [0.4, 0.5) is 5.69 Å². The van der Waals surface area contributed by atoms with Crippen LogP contribution in [0.3, 0.4) is 0 Å². The van der Waals surface area contributed by atoms with E-state index in [4.69, 9.17) is 13.9 Å². The predicted octanol–water partition coefficient (Wildman–Crippen LogP) is 5.88. The van der Waals surface area contributed by atoms with Gasteiger partial charge in [0.15, 0.2) is 16.9 Å². The van der Waals surface area contributed by atoms with Crippen LogP contribution in [0.25, 0.3) is 11.0 Å². The van der Waals surface area contributed by atoms with Crippen molar-refractivity contribution in [1.82, 2.24) is 0 Å². The van der Waals surface area contributed by atoms with Crippen LogP contribution >= 0.6 is 0 Å². The fourth-order valence-corrected chi connectivity index (χ4v) is 4.72. The molecule has 4 aromatic rings. The van der Waals surface area contributed by atoms with Gasteiger partial charge in [-0.1, -0.05) is 18.2 Å². The van der Waals surface area contributed by atoms with Gasteiger partial charge in [0.2, 0.25) is 5.76 Å². The fourth-order valence-electron chi connectivity index (χ4n) is 4.72. The third kappa shape index (κ3) is 3.66. The van der Waals surface area contributed by atoms with Crippen LogP contribution < -0.4 is 19.8 Å². The highest BCUT2D eigenvalue weighted by atomic mass is 16.5. The van der Waals surface area contributed by atoms with Crippen molar-refractivity contribution in [3.05, 3.63) is 98.4 Å². The van der Waals surface area contributed by atoms with Crippen LogP contribution in [0.1, 0.15) is 51.3 Å². The summed E-state index contributed by atoms with van der Waals surface area (Å²) in [5.74, 6) is 0.860. The summed E-state index contributed by atoms with van der Waals surface area (Å²) >= 11 is 0. The number of hydrogen-bond acceptors (Lipinski definition) is 5. The summed E-state index contributed by atoms with van der Waals surface area (Å²) in [5, 5.41) is 0.466. The second kappa shape index (κ2) is 8.62. The van der Waals surface area contributed by atoms with E-state index in [0.717, 1.165) is 22.3 Å². The number of ether oxygens (including phenoxy) is 2. The number of aryl methyl sites for hydroxylation is 3. The third-order valence-corrected chi connectivity index (χ3v) is 6.57. The van der Waals surface area contributed by atoms with Crippen molar-refractivity contribution in [3.63, 3.8) is 0 Å². The molecule has 1 unspecified atom stereocenters. The zero-order chi connectivity index (χ0) is 24.9. The molecule has 1 aliphatic rings. The molecule has 178 valence electrons. The largest absolute Gasteiger partial charge is 0.493 e. The number of methoxy groups -OCH3 is 1. The molecule has 5 rings (SSSR count). The van der Waals surface area contributed by atoms with E-state index in [9.17, 15) is 9.59 Å². The summed E-state index contributed by atoms with van der Waals surface area (Å²) in [5.41, 5.74) is 4.95. The van der Waals surface area contributed by atoms with Gasteiger partial charge in [-0.3, -0.25) is 14.5 Å². The van der Waals surface area contributed by atoms with Gasteiger partial charge in [-0.15, -0.1) is 0 Å². The van der Waals surface area contributed by atoms with Crippen LogP contribution in [0.5, 0.6) is 11.5 Å². The number of amides is 1. The molecule has 35 heavy (non-hydrogen) atoms. The number of carbonyl (C=O) groups is 1. The van der Waals surface area contributed by atoms with E-state index in [0.29, 0.717) is 40.3 Å². The smallest absolute Gasteiger partial charge is 0.295 e. The third-order valence-electron chi connectivity index (χ3n) is 6.57. The Balaban J connectivity index is 1.80. The molecule has 0 N–H and O–H groups in total. The standard InChI is InChI=1S/C29H27NO5/c1-6-34-22-11-10-19(15-24(22)33-5)26-25-27(31)21-13-17(3)18(4)14-23(21)35-28(25)29(32)30(26)20-9-7-8-16(2)12-20/h7-15,26H,6H2,1-5H3. The molecule has 1 amide bonds. The molecule has 0 aliphatic carbocycles. The van der Waals surface area contributed by atoms with E-state index in [1.807, 2.05) is 82.3 Å². The predicted molar refractivity (Wildman–Crippen MR) is 136 cm³/mol. The molecule has 0 fully saturated rings. The van der Waals surface area contributed by atoms with E-state index in [1.54, 1.807) is 12.0 Å². The van der Waals surface area contributed by atoms with E-state index in [-0.39, 0.29) is 17.1 Å². The lowest BCUT2D eigenvalue weighted by Gasteiger charge is -2.26. The summed E-state index contributed by atoms with van der Waals surface area (Å²) in [6.07, 6.45) is 0. The van der Waals surface area contributed by atoms with Gasteiger partial charge in [-0.2, -0.15) is 0 Å². The van der Waals surface area contributed by atoms with Crippen molar-refractivity contribution in [2.75, 3.05) is 18.6 Å². The molecule has 1 aliphatic heterocycles. The minimum absolute atomic E-state index is 0.0742. The molecule has 6 heteroatoms. The molecule has 0 spiro atoms. The van der Waals surface area contributed by atoms with Crippen LogP contribution in [0, 0.1) is 20.8 Å². The first-order chi connectivity index (χ1) is 16.8. The van der Waals surface area contributed by atoms with Crippen LogP contribution in [-0.4, -0.2) is 19.6 Å². The summed E-state index contributed by atoms with van der Waals surface area (Å²) < 4.78 is 17.4. The molecule has 2 heterocycles. The molecular formula is C29H27NO5. The molecule has 6 nitrogen and oxygen atoms in total. The Morgan fingerprint density at radius 1 is 0.943 bits per heavy atom. The summed E-state index contributed by atoms with van der Waals surface area (Å²) in [4.78, 5) is 29.3. The van der Waals surface area contributed by atoms with Gasteiger partial charge in [0, 0.05) is 5.69 Å². The maximum absolute atomic E-state index is 13.9. The van der Waals surface area contributed by atoms with Crippen molar-refractivity contribution in [2.45, 2.75) is 33.7 Å². The SMILES string of the molecule is CCOc1ccc(C2c3c(oc4cc(C)c(C)cc4c3=O)C(=O)N2c2cccc(C)c2)cc1OC. The van der Waals surface area contributed by atoms with Crippen molar-refractivity contribution in [2.24, 2.45) is 0 Å². The molecule has 3 aromatic carbocycles. The van der Waals surface area contributed by atoms with Crippen LogP contribution in [-0.2, 0) is 0 Å². The zero-order valence-corrected chi connectivity index (χ0v) is 20.5. The monoisotopic (exact) mass is 469 g/mol. The first-order valence-corrected chi connectivity index (χ1v) is 11.6. The maximum Gasteiger partial charge on any atom is 0.295 e. The zero-order valence-electron chi connectivity index (χ0n) is 20.5. The topological polar surface area (TPSA) is 69.0 Å². The summed E-state index contributed by atoms with van der Waals surface area (Å²) in [6.45, 7) is 8.27. The lowest BCUT2D eigenvalue weighted by molar-refractivity contribution is 0.0971. The van der Waals surface area contributed by atoms with Gasteiger partial charge in [0.05, 0.1) is 30.7 Å². The first kappa shape index (κ1) is 22.7. The van der Waals surface area contributed by atoms with Gasteiger partial charge in [-0.05, 0) is 86.3 Å². The first-order valence-electron chi connectivity index (χ1n) is 11.6. The molecule has 1 aromatic heterocycles. The molecule has 0 saturated carbocycles. The summed E-state index contributed by atoms with van der Waals surface area (Å²) in [6, 6.07) is 16.2. The minimum atomic E-state index is -0.675. The normalized spacial score (nSPS) is 14.9. The Bertz CT molecular complexity index is 1530. The Kier molecular flexibility index (Phi) is 5.59. The molecule has 0 saturated heterocycles. The number of hydrogen-bond donors (Lipinski definition) is 0. The number of fused-ring (bicyclic) bond motifs is 2. The second-order valence-electron chi connectivity index (χ2n) is 8.87. The lowest BCUT2D eigenvalue weighted by Crippen LogP contribution is -2.29. The highest BCUT2D eigenvalue weighted by Gasteiger charge is 2.44. The number of carbonyl (C=O) groups excluding carboxylic acids is 1. The van der Waals surface area contributed by atoms with E-state index in [2.05, 4.69) is 0 Å². The summed E-state index contributed by atoms with van der Waals surface area (Å²) in [7, 11) is 1.57. The molecule has 1 atom stereocenters. The van der Waals surface area contributed by atoms with Gasteiger partial charge in [0.1, 0.15) is 5.58 Å². The van der Waals surface area contributed by atoms with Crippen molar-refractivity contribution in [3.8, 4) is 11.5 Å². The van der Waals surface area contributed by atoms with Crippen LogP contribution in [0.15, 0.2) is 63.8 Å². The molecular weight excluding hydrogens is 442 g/mol. The maximum atomic E-state index is 13.9. The average molecular weight is 470 g/mol. The van der Waals surface area contributed by atoms with E-state index in [1.165, 1.54) is 0 Å². The molecule has 0 radical (unpaired) electrons. The second-order valence-corrected chi connectivity index (χ2v) is 8.87. The highest BCUT2D eigenvalue weighted by molar-refractivity contribution is 6.10. The number of nitrogens with zero attached hydrogens (tertiary/aromatic N) is 1. The van der Waals surface area contributed by atoms with Crippen molar-refractivity contribution >= 4 is 22.6 Å². The van der Waals surface area contributed by atoms with E-state index < -0.39 is 6.04 Å². The Morgan fingerprint density at radius 2 is 1.71 bits per heavy atom. The van der Waals surface area contributed by atoms with Crippen molar-refractivity contribution in [1.29, 1.82) is 0 Å². The molecule has 0 bridgehead atoms. The lowest BCUT2D eigenvalue weighted by atomic mass is 9.96. The highest BCUT2D eigenvalue weighted by Crippen LogP contribution is 2.43. The Labute approximate surface area is 203 Å². The van der Waals surface area contributed by atoms with Gasteiger partial charge in [0.25, 0.3) is 5.91 Å². The van der Waals surface area contributed by atoms with Crippen LogP contribution in [0.2, 0.25) is 0 Å². The number of anilines is 1. The van der Waals surface area contributed by atoms with Gasteiger partial charge < -0.3 is 13.9 Å². The number of rotatable bonds is 5. The number of benzene rings is 3.